The van der Waals surface area contributed by atoms with Gasteiger partial charge in [-0.2, -0.15) is 4.98 Å². The summed E-state index contributed by atoms with van der Waals surface area (Å²) in [6, 6.07) is 5.92. The van der Waals surface area contributed by atoms with Gasteiger partial charge in [0.25, 0.3) is 0 Å². The van der Waals surface area contributed by atoms with E-state index in [1.165, 1.54) is 0 Å². The molecule has 0 aromatic carbocycles. The van der Waals surface area contributed by atoms with Crippen molar-refractivity contribution in [2.24, 2.45) is 0 Å². The summed E-state index contributed by atoms with van der Waals surface area (Å²) >= 11 is 1.66. The smallest absolute Gasteiger partial charge is 0.240 e. The van der Waals surface area contributed by atoms with Crippen LogP contribution in [0.15, 0.2) is 34.3 Å². The molecule has 3 aromatic rings. The minimum absolute atomic E-state index is 0.152. The zero-order valence-corrected chi connectivity index (χ0v) is 17.6. The molecule has 4 rings (SSSR count). The van der Waals surface area contributed by atoms with Crippen LogP contribution >= 0.6 is 11.3 Å². The third-order valence-electron chi connectivity index (χ3n) is 5.06. The fourth-order valence-electron chi connectivity index (χ4n) is 3.35. The van der Waals surface area contributed by atoms with E-state index < -0.39 is 0 Å². The maximum Gasteiger partial charge on any atom is 0.240 e. The number of methoxy groups -OCH3 is 1. The Bertz CT molecular complexity index is 899. The summed E-state index contributed by atoms with van der Waals surface area (Å²) in [5.41, 5.74) is 2.05. The summed E-state index contributed by atoms with van der Waals surface area (Å²) in [6.07, 6.45) is 2.76. The molecule has 0 radical (unpaired) electrons. The van der Waals surface area contributed by atoms with Gasteiger partial charge in [-0.15, -0.1) is 11.3 Å². The summed E-state index contributed by atoms with van der Waals surface area (Å²) in [6.45, 7) is 7.49. The van der Waals surface area contributed by atoms with E-state index in [0.717, 1.165) is 55.5 Å². The van der Waals surface area contributed by atoms with Crippen LogP contribution in [-0.2, 0) is 17.8 Å². The summed E-state index contributed by atoms with van der Waals surface area (Å²) in [5, 5.41) is 7.14. The molecule has 0 amide bonds. The average Bonchev–Trinajstić information content (AvgIpc) is 3.36. The molecule has 1 unspecified atom stereocenters. The van der Waals surface area contributed by atoms with Gasteiger partial charge in [-0.25, -0.2) is 4.98 Å². The summed E-state index contributed by atoms with van der Waals surface area (Å²) in [5.74, 6) is 1.25. The average molecular weight is 415 g/mol. The highest BCUT2D eigenvalue weighted by atomic mass is 32.1. The van der Waals surface area contributed by atoms with Gasteiger partial charge in [-0.05, 0) is 38.6 Å². The van der Waals surface area contributed by atoms with Crippen molar-refractivity contribution in [3.63, 3.8) is 0 Å². The van der Waals surface area contributed by atoms with E-state index >= 15 is 0 Å². The minimum Gasteiger partial charge on any atom is -0.374 e. The largest absolute Gasteiger partial charge is 0.374 e. The molecule has 8 nitrogen and oxygen atoms in total. The van der Waals surface area contributed by atoms with E-state index in [1.807, 2.05) is 31.3 Å². The fraction of sp³-hybridized carbons (Fsp3) is 0.500. The zero-order chi connectivity index (χ0) is 20.1. The van der Waals surface area contributed by atoms with Crippen molar-refractivity contribution in [2.75, 3.05) is 33.3 Å². The van der Waals surface area contributed by atoms with Gasteiger partial charge in [0, 0.05) is 38.3 Å². The molecular weight excluding hydrogens is 388 g/mol. The quantitative estimate of drug-likeness (QED) is 0.584. The van der Waals surface area contributed by atoms with Gasteiger partial charge in [0.2, 0.25) is 5.89 Å². The Morgan fingerprint density at radius 2 is 1.97 bits per heavy atom. The van der Waals surface area contributed by atoms with Gasteiger partial charge < -0.3 is 9.26 Å². The van der Waals surface area contributed by atoms with Gasteiger partial charge >= 0.3 is 0 Å². The molecule has 9 heteroatoms. The topological polar surface area (TPSA) is 80.4 Å². The van der Waals surface area contributed by atoms with Crippen LogP contribution in [0.2, 0.25) is 0 Å². The Labute approximate surface area is 174 Å². The first-order chi connectivity index (χ1) is 14.2. The molecule has 3 aromatic heterocycles. The first-order valence-electron chi connectivity index (χ1n) is 9.87. The predicted octanol–water partition coefficient (Wildman–Crippen LogP) is 3.00. The van der Waals surface area contributed by atoms with Crippen LogP contribution in [0.5, 0.6) is 0 Å². The third kappa shape index (κ3) is 5.24. The molecule has 29 heavy (non-hydrogen) atoms. The number of pyridine rings is 1. The summed E-state index contributed by atoms with van der Waals surface area (Å²) < 4.78 is 10.6. The first-order valence-corrected chi connectivity index (χ1v) is 10.7. The lowest BCUT2D eigenvalue weighted by Crippen LogP contribution is -2.30. The highest BCUT2D eigenvalue weighted by Gasteiger charge is 2.19. The number of aromatic nitrogens is 4. The molecule has 0 spiro atoms. The summed E-state index contributed by atoms with van der Waals surface area (Å²) in [4.78, 5) is 18.5. The van der Waals surface area contributed by atoms with E-state index in [-0.39, 0.29) is 6.10 Å². The van der Waals surface area contributed by atoms with Crippen molar-refractivity contribution in [3.8, 4) is 10.7 Å². The Balaban J connectivity index is 1.30. The minimum atomic E-state index is -0.152. The van der Waals surface area contributed by atoms with Crippen LogP contribution < -0.4 is 0 Å². The Morgan fingerprint density at radius 3 is 2.72 bits per heavy atom. The van der Waals surface area contributed by atoms with Crippen LogP contribution in [0.3, 0.4) is 0 Å². The van der Waals surface area contributed by atoms with Gasteiger partial charge in [-0.1, -0.05) is 11.2 Å². The Morgan fingerprint density at radius 1 is 1.14 bits per heavy atom. The van der Waals surface area contributed by atoms with Gasteiger partial charge in [-0.3, -0.25) is 14.8 Å². The first kappa shape index (κ1) is 20.1. The maximum atomic E-state index is 5.39. The van der Waals surface area contributed by atoms with Crippen LogP contribution in [0.4, 0.5) is 0 Å². The van der Waals surface area contributed by atoms with Crippen LogP contribution in [0, 0.1) is 0 Å². The van der Waals surface area contributed by atoms with Gasteiger partial charge in [0.1, 0.15) is 11.1 Å². The number of ether oxygens (including phenoxy) is 1. The SMILES string of the molecule is COC(C)c1noc(CN2CCCN(Cc3csc(-c4ccccn4)n3)CC2)n1. The summed E-state index contributed by atoms with van der Waals surface area (Å²) in [7, 11) is 1.64. The van der Waals surface area contributed by atoms with Crippen molar-refractivity contribution in [1.29, 1.82) is 0 Å². The molecule has 0 bridgehead atoms. The number of nitrogens with zero attached hydrogens (tertiary/aromatic N) is 6. The molecule has 154 valence electrons. The molecule has 1 aliphatic rings. The van der Waals surface area contributed by atoms with Crippen molar-refractivity contribution in [3.05, 3.63) is 47.2 Å². The van der Waals surface area contributed by atoms with Crippen molar-refractivity contribution >= 4 is 11.3 Å². The van der Waals surface area contributed by atoms with Crippen LogP contribution in [0.1, 0.15) is 36.9 Å². The maximum absolute atomic E-state index is 5.39. The Kier molecular flexibility index (Phi) is 6.60. The van der Waals surface area contributed by atoms with Gasteiger partial charge in [0.05, 0.1) is 17.9 Å². The zero-order valence-electron chi connectivity index (χ0n) is 16.8. The second-order valence-electron chi connectivity index (χ2n) is 7.19. The molecule has 1 atom stereocenters. The highest BCUT2D eigenvalue weighted by Crippen LogP contribution is 2.22. The Hall–Kier alpha value is -2.20. The number of rotatable bonds is 7. The molecule has 0 saturated carbocycles. The molecular formula is C20H26N6O2S. The van der Waals surface area contributed by atoms with E-state index in [4.69, 9.17) is 14.2 Å². The molecule has 0 aliphatic carbocycles. The third-order valence-corrected chi connectivity index (χ3v) is 5.98. The number of hydrogen-bond acceptors (Lipinski definition) is 9. The van der Waals surface area contributed by atoms with E-state index in [9.17, 15) is 0 Å². The molecule has 1 fully saturated rings. The lowest BCUT2D eigenvalue weighted by Gasteiger charge is -2.20. The monoisotopic (exact) mass is 414 g/mol. The lowest BCUT2D eigenvalue weighted by atomic mass is 10.3. The van der Waals surface area contributed by atoms with Crippen molar-refractivity contribution in [2.45, 2.75) is 32.5 Å². The number of thiazole rings is 1. The second-order valence-corrected chi connectivity index (χ2v) is 8.05. The predicted molar refractivity (Wildman–Crippen MR) is 110 cm³/mol. The highest BCUT2D eigenvalue weighted by molar-refractivity contribution is 7.13. The fourth-order valence-corrected chi connectivity index (χ4v) is 4.14. The van der Waals surface area contributed by atoms with E-state index in [0.29, 0.717) is 18.3 Å². The molecule has 1 saturated heterocycles. The van der Waals surface area contributed by atoms with E-state index in [1.54, 1.807) is 18.4 Å². The van der Waals surface area contributed by atoms with E-state index in [2.05, 4.69) is 30.3 Å². The van der Waals surface area contributed by atoms with Crippen LogP contribution in [-0.4, -0.2) is 63.2 Å². The molecule has 0 N–H and O–H groups in total. The van der Waals surface area contributed by atoms with Crippen molar-refractivity contribution in [1.82, 2.24) is 29.9 Å². The second kappa shape index (κ2) is 9.53. The van der Waals surface area contributed by atoms with Crippen molar-refractivity contribution < 1.29 is 9.26 Å². The van der Waals surface area contributed by atoms with Crippen LogP contribution in [0.25, 0.3) is 10.7 Å². The standard InChI is InChI=1S/C20H26N6O2S/c1-15(27-2)19-23-18(28-24-19)13-26-9-5-8-25(10-11-26)12-16-14-29-20(22-16)17-6-3-4-7-21-17/h3-4,6-7,14-15H,5,8-13H2,1-2H3. The van der Waals surface area contributed by atoms with Gasteiger partial charge in [0.15, 0.2) is 5.82 Å². The number of hydrogen-bond donors (Lipinski definition) is 0. The molecule has 4 heterocycles. The molecule has 1 aliphatic heterocycles. The normalized spacial score (nSPS) is 17.3. The lowest BCUT2D eigenvalue weighted by molar-refractivity contribution is 0.109.